The maximum Gasteiger partial charge on any atom is 0.323 e. The first-order valence-corrected chi connectivity index (χ1v) is 10.0. The maximum absolute atomic E-state index is 13.0. The number of rotatable bonds is 7. The summed E-state index contributed by atoms with van der Waals surface area (Å²) in [6, 6.07) is 15.5. The van der Waals surface area contributed by atoms with Crippen LogP contribution in [0, 0.1) is 5.82 Å². The SMILES string of the molecule is COc1cc(CNc2ccc3[nH]c(=O)[nH]c3c2)c(Br)cc1OCc1ccc(F)cc1. The first kappa shape index (κ1) is 20.0. The highest BCUT2D eigenvalue weighted by atomic mass is 79.9. The number of fused-ring (bicyclic) bond motifs is 1. The number of ether oxygens (including phenoxy) is 2. The smallest absolute Gasteiger partial charge is 0.323 e. The Bertz CT molecular complexity index is 1230. The number of anilines is 1. The maximum atomic E-state index is 13.0. The molecule has 8 heteroatoms. The van der Waals surface area contributed by atoms with Crippen LogP contribution in [0.15, 0.2) is 63.9 Å². The molecule has 4 rings (SSSR count). The van der Waals surface area contributed by atoms with Gasteiger partial charge in [0.25, 0.3) is 0 Å². The van der Waals surface area contributed by atoms with Gasteiger partial charge >= 0.3 is 5.69 Å². The number of methoxy groups -OCH3 is 1. The van der Waals surface area contributed by atoms with E-state index in [1.807, 2.05) is 30.3 Å². The number of nitrogens with one attached hydrogen (secondary N) is 3. The van der Waals surface area contributed by atoms with E-state index in [-0.39, 0.29) is 11.5 Å². The molecule has 1 heterocycles. The van der Waals surface area contributed by atoms with Crippen LogP contribution in [0.25, 0.3) is 11.0 Å². The lowest BCUT2D eigenvalue weighted by Gasteiger charge is -2.15. The Morgan fingerprint density at radius 3 is 2.53 bits per heavy atom. The summed E-state index contributed by atoms with van der Waals surface area (Å²) in [7, 11) is 1.58. The Labute approximate surface area is 180 Å². The zero-order chi connectivity index (χ0) is 21.1. The largest absolute Gasteiger partial charge is 0.493 e. The lowest BCUT2D eigenvalue weighted by molar-refractivity contribution is 0.284. The molecule has 0 bridgehead atoms. The Hall–Kier alpha value is -3.26. The lowest BCUT2D eigenvalue weighted by Crippen LogP contribution is -2.03. The van der Waals surface area contributed by atoms with E-state index in [1.54, 1.807) is 19.2 Å². The van der Waals surface area contributed by atoms with Crippen molar-refractivity contribution in [3.63, 3.8) is 0 Å². The summed E-state index contributed by atoms with van der Waals surface area (Å²) >= 11 is 3.59. The summed E-state index contributed by atoms with van der Waals surface area (Å²) in [5, 5.41) is 3.34. The van der Waals surface area contributed by atoms with Crippen LogP contribution in [0.3, 0.4) is 0 Å². The van der Waals surface area contributed by atoms with Gasteiger partial charge in [0.05, 0.1) is 18.1 Å². The van der Waals surface area contributed by atoms with E-state index in [1.165, 1.54) is 12.1 Å². The van der Waals surface area contributed by atoms with Crippen LogP contribution in [-0.2, 0) is 13.2 Å². The van der Waals surface area contributed by atoms with E-state index < -0.39 is 0 Å². The van der Waals surface area contributed by atoms with E-state index in [0.717, 1.165) is 32.3 Å². The fourth-order valence-corrected chi connectivity index (χ4v) is 3.53. The standard InChI is InChI=1S/C22H19BrFN3O3/c1-29-20-8-14(11-25-16-6-7-18-19(9-16)27-22(28)26-18)17(23)10-21(20)30-12-13-2-4-15(24)5-3-13/h2-10,25H,11-12H2,1H3,(H2,26,27,28). The van der Waals surface area contributed by atoms with Gasteiger partial charge in [-0.2, -0.15) is 0 Å². The number of hydrogen-bond donors (Lipinski definition) is 3. The molecule has 6 nitrogen and oxygen atoms in total. The Kier molecular flexibility index (Phi) is 5.76. The first-order valence-electron chi connectivity index (χ1n) is 9.21. The molecule has 1 aromatic heterocycles. The van der Waals surface area contributed by atoms with Crippen molar-refractivity contribution in [1.29, 1.82) is 0 Å². The molecule has 0 unspecified atom stereocenters. The van der Waals surface area contributed by atoms with Gasteiger partial charge in [-0.25, -0.2) is 9.18 Å². The molecule has 0 spiro atoms. The monoisotopic (exact) mass is 471 g/mol. The number of aromatic amines is 2. The van der Waals surface area contributed by atoms with Gasteiger partial charge in [0.1, 0.15) is 12.4 Å². The van der Waals surface area contributed by atoms with Gasteiger partial charge in [0.2, 0.25) is 0 Å². The van der Waals surface area contributed by atoms with Crippen LogP contribution >= 0.6 is 15.9 Å². The molecule has 0 amide bonds. The molecule has 0 fully saturated rings. The average Bonchev–Trinajstić information content (AvgIpc) is 3.11. The third-order valence-corrected chi connectivity index (χ3v) is 5.38. The first-order chi connectivity index (χ1) is 14.5. The molecule has 30 heavy (non-hydrogen) atoms. The van der Waals surface area contributed by atoms with E-state index in [2.05, 4.69) is 31.2 Å². The third-order valence-electron chi connectivity index (χ3n) is 4.64. The number of benzene rings is 3. The van der Waals surface area contributed by atoms with Crippen molar-refractivity contribution >= 4 is 32.7 Å². The van der Waals surface area contributed by atoms with Crippen molar-refractivity contribution in [1.82, 2.24) is 9.97 Å². The summed E-state index contributed by atoms with van der Waals surface area (Å²) in [6.45, 7) is 0.838. The summed E-state index contributed by atoms with van der Waals surface area (Å²) in [6.07, 6.45) is 0. The number of aromatic nitrogens is 2. The highest BCUT2D eigenvalue weighted by molar-refractivity contribution is 9.10. The number of halogens is 2. The zero-order valence-corrected chi connectivity index (χ0v) is 17.7. The highest BCUT2D eigenvalue weighted by Gasteiger charge is 2.11. The van der Waals surface area contributed by atoms with Crippen molar-refractivity contribution < 1.29 is 13.9 Å². The number of H-pyrrole nitrogens is 2. The van der Waals surface area contributed by atoms with Crippen molar-refractivity contribution in [3.8, 4) is 11.5 Å². The molecule has 3 N–H and O–H groups in total. The van der Waals surface area contributed by atoms with Crippen molar-refractivity contribution in [2.75, 3.05) is 12.4 Å². The Balaban J connectivity index is 1.47. The molecule has 0 aliphatic heterocycles. The van der Waals surface area contributed by atoms with Crippen molar-refractivity contribution in [3.05, 3.63) is 86.5 Å². The predicted octanol–water partition coefficient (Wildman–Crippen LogP) is 4.96. The Morgan fingerprint density at radius 2 is 1.77 bits per heavy atom. The van der Waals surface area contributed by atoms with Gasteiger partial charge in [-0.3, -0.25) is 0 Å². The number of imidazole rings is 1. The molecule has 0 saturated heterocycles. The van der Waals surface area contributed by atoms with E-state index >= 15 is 0 Å². The molecule has 0 aliphatic carbocycles. The second-order valence-electron chi connectivity index (χ2n) is 6.70. The van der Waals surface area contributed by atoms with Gasteiger partial charge in [0.15, 0.2) is 11.5 Å². The lowest BCUT2D eigenvalue weighted by atomic mass is 10.2. The third kappa shape index (κ3) is 4.49. The quantitative estimate of drug-likeness (QED) is 0.356. The van der Waals surface area contributed by atoms with Crippen molar-refractivity contribution in [2.24, 2.45) is 0 Å². The van der Waals surface area contributed by atoms with Gasteiger partial charge in [0, 0.05) is 16.7 Å². The second-order valence-corrected chi connectivity index (χ2v) is 7.56. The topological polar surface area (TPSA) is 79.1 Å². The summed E-state index contributed by atoms with van der Waals surface area (Å²) in [4.78, 5) is 16.9. The minimum atomic E-state index is -0.280. The average molecular weight is 472 g/mol. The van der Waals surface area contributed by atoms with Crippen LogP contribution in [0.5, 0.6) is 11.5 Å². The molecule has 0 aliphatic rings. The normalized spacial score (nSPS) is 10.9. The predicted molar refractivity (Wildman–Crippen MR) is 118 cm³/mol. The molecule has 154 valence electrons. The molecular weight excluding hydrogens is 453 g/mol. The molecule has 3 aromatic carbocycles. The van der Waals surface area contributed by atoms with E-state index in [0.29, 0.717) is 24.7 Å². The van der Waals surface area contributed by atoms with Crippen LogP contribution in [-0.4, -0.2) is 17.1 Å². The minimum Gasteiger partial charge on any atom is -0.493 e. The fraction of sp³-hybridized carbons (Fsp3) is 0.136. The summed E-state index contributed by atoms with van der Waals surface area (Å²) in [5.41, 5.74) is 3.98. The molecule has 0 radical (unpaired) electrons. The molecule has 0 saturated carbocycles. The molecular formula is C22H19BrFN3O3. The van der Waals surface area contributed by atoms with Gasteiger partial charge in [-0.05, 0) is 53.6 Å². The van der Waals surface area contributed by atoms with E-state index in [4.69, 9.17) is 9.47 Å². The fourth-order valence-electron chi connectivity index (χ4n) is 3.07. The summed E-state index contributed by atoms with van der Waals surface area (Å²) in [5.74, 6) is 0.907. The summed E-state index contributed by atoms with van der Waals surface area (Å²) < 4.78 is 25.3. The molecule has 0 atom stereocenters. The number of hydrogen-bond acceptors (Lipinski definition) is 4. The van der Waals surface area contributed by atoms with E-state index in [9.17, 15) is 9.18 Å². The van der Waals surface area contributed by atoms with Gasteiger partial charge in [-0.1, -0.05) is 28.1 Å². The van der Waals surface area contributed by atoms with Crippen LogP contribution in [0.1, 0.15) is 11.1 Å². The van der Waals surface area contributed by atoms with Gasteiger partial charge < -0.3 is 24.8 Å². The van der Waals surface area contributed by atoms with Crippen LogP contribution in [0.2, 0.25) is 0 Å². The minimum absolute atomic E-state index is 0.231. The zero-order valence-electron chi connectivity index (χ0n) is 16.1. The molecule has 4 aromatic rings. The van der Waals surface area contributed by atoms with Crippen molar-refractivity contribution in [2.45, 2.75) is 13.2 Å². The van der Waals surface area contributed by atoms with Gasteiger partial charge in [-0.15, -0.1) is 0 Å². The van der Waals surface area contributed by atoms with Crippen LogP contribution < -0.4 is 20.5 Å². The van der Waals surface area contributed by atoms with Crippen LogP contribution in [0.4, 0.5) is 10.1 Å². The highest BCUT2D eigenvalue weighted by Crippen LogP contribution is 2.34. The second kappa shape index (κ2) is 8.62. The Morgan fingerprint density at radius 1 is 1.00 bits per heavy atom.